The first kappa shape index (κ1) is 8.81. The van der Waals surface area contributed by atoms with E-state index in [0.29, 0.717) is 6.54 Å². The van der Waals surface area contributed by atoms with Gasteiger partial charge in [0.25, 0.3) is 0 Å². The van der Waals surface area contributed by atoms with Gasteiger partial charge < -0.3 is 5.11 Å². The molecule has 72 valence electrons. The van der Waals surface area contributed by atoms with Gasteiger partial charge in [-0.3, -0.25) is 4.90 Å². The zero-order valence-corrected chi connectivity index (χ0v) is 7.63. The number of carboxylic acid groups (broad SMARTS) is 1. The Morgan fingerprint density at radius 1 is 1.36 bits per heavy atom. The van der Waals surface area contributed by atoms with Crippen molar-refractivity contribution in [1.29, 1.82) is 0 Å². The lowest BCUT2D eigenvalue weighted by Gasteiger charge is -2.21. The van der Waals surface area contributed by atoms with Crippen molar-refractivity contribution < 1.29 is 9.90 Å². The molecule has 0 bridgehead atoms. The summed E-state index contributed by atoms with van der Waals surface area (Å²) in [6.45, 7) is 0.481. The van der Waals surface area contributed by atoms with E-state index in [0.717, 1.165) is 5.56 Å². The van der Waals surface area contributed by atoms with Crippen LogP contribution >= 0.6 is 0 Å². The Morgan fingerprint density at radius 3 is 2.71 bits per heavy atom. The Bertz CT molecular complexity index is 359. The first-order valence-corrected chi connectivity index (χ1v) is 4.50. The van der Waals surface area contributed by atoms with Crippen LogP contribution in [0.4, 0.5) is 4.79 Å². The number of carbonyl (C=O) groups is 1. The standard InChI is InChI=1S/C11H11NO2/c13-11(14)12-8-4-7-10(12)9-5-2-1-3-6-9/h1-7,10H,8H2,(H,13,14). The largest absolute Gasteiger partial charge is 0.465 e. The summed E-state index contributed by atoms with van der Waals surface area (Å²) in [7, 11) is 0. The number of benzene rings is 1. The Hall–Kier alpha value is -1.77. The molecule has 1 N–H and O–H groups in total. The van der Waals surface area contributed by atoms with Crippen LogP contribution in [0, 0.1) is 0 Å². The van der Waals surface area contributed by atoms with E-state index in [1.807, 2.05) is 42.5 Å². The van der Waals surface area contributed by atoms with Crippen LogP contribution in [0.5, 0.6) is 0 Å². The maximum Gasteiger partial charge on any atom is 0.408 e. The van der Waals surface area contributed by atoms with Crippen LogP contribution in [-0.4, -0.2) is 22.6 Å². The van der Waals surface area contributed by atoms with E-state index < -0.39 is 6.09 Å². The summed E-state index contributed by atoms with van der Waals surface area (Å²) in [6, 6.07) is 9.52. The summed E-state index contributed by atoms with van der Waals surface area (Å²) in [5.74, 6) is 0. The lowest BCUT2D eigenvalue weighted by Crippen LogP contribution is -2.29. The van der Waals surface area contributed by atoms with Crippen molar-refractivity contribution in [2.45, 2.75) is 6.04 Å². The van der Waals surface area contributed by atoms with Gasteiger partial charge in [-0.1, -0.05) is 42.5 Å². The second-order valence-electron chi connectivity index (χ2n) is 3.22. The summed E-state index contributed by atoms with van der Waals surface area (Å²) in [6.07, 6.45) is 2.93. The third kappa shape index (κ3) is 1.48. The lowest BCUT2D eigenvalue weighted by molar-refractivity contribution is 0.144. The molecule has 0 radical (unpaired) electrons. The number of rotatable bonds is 1. The number of hydrogen-bond acceptors (Lipinski definition) is 1. The molecule has 0 saturated carbocycles. The molecule has 1 aliphatic heterocycles. The third-order valence-electron chi connectivity index (χ3n) is 2.34. The van der Waals surface area contributed by atoms with Crippen LogP contribution in [0.1, 0.15) is 11.6 Å². The van der Waals surface area contributed by atoms with Crippen LogP contribution in [0.2, 0.25) is 0 Å². The van der Waals surface area contributed by atoms with Crippen molar-refractivity contribution in [3.63, 3.8) is 0 Å². The van der Waals surface area contributed by atoms with E-state index in [1.54, 1.807) is 0 Å². The highest BCUT2D eigenvalue weighted by Crippen LogP contribution is 2.25. The van der Waals surface area contributed by atoms with Gasteiger partial charge in [0, 0.05) is 6.54 Å². The molecule has 1 unspecified atom stereocenters. The highest BCUT2D eigenvalue weighted by atomic mass is 16.4. The zero-order chi connectivity index (χ0) is 9.97. The monoisotopic (exact) mass is 189 g/mol. The predicted octanol–water partition coefficient (Wildman–Crippen LogP) is 2.28. The maximum atomic E-state index is 10.9. The Kier molecular flexibility index (Phi) is 2.23. The summed E-state index contributed by atoms with van der Waals surface area (Å²) in [5.41, 5.74) is 1.02. The Labute approximate surface area is 82.3 Å². The van der Waals surface area contributed by atoms with E-state index in [9.17, 15) is 4.79 Å². The molecule has 0 fully saturated rings. The molecule has 0 aliphatic carbocycles. The molecule has 0 aromatic heterocycles. The highest BCUT2D eigenvalue weighted by molar-refractivity contribution is 5.67. The molecule has 1 atom stereocenters. The average molecular weight is 189 g/mol. The molecule has 3 nitrogen and oxygen atoms in total. The van der Waals surface area contributed by atoms with Gasteiger partial charge in [-0.05, 0) is 5.56 Å². The molecule has 1 aromatic rings. The molecular weight excluding hydrogens is 178 g/mol. The normalized spacial score (nSPS) is 20.0. The molecule has 0 saturated heterocycles. The molecule has 1 amide bonds. The second kappa shape index (κ2) is 3.54. The van der Waals surface area contributed by atoms with Crippen LogP contribution in [0.3, 0.4) is 0 Å². The number of hydrogen-bond donors (Lipinski definition) is 1. The average Bonchev–Trinajstić information content (AvgIpc) is 2.67. The lowest BCUT2D eigenvalue weighted by atomic mass is 10.1. The van der Waals surface area contributed by atoms with Crippen molar-refractivity contribution in [2.24, 2.45) is 0 Å². The highest BCUT2D eigenvalue weighted by Gasteiger charge is 2.24. The van der Waals surface area contributed by atoms with Gasteiger partial charge in [0.05, 0.1) is 6.04 Å². The molecule has 1 heterocycles. The second-order valence-corrected chi connectivity index (χ2v) is 3.22. The van der Waals surface area contributed by atoms with Crippen LogP contribution < -0.4 is 0 Å². The zero-order valence-electron chi connectivity index (χ0n) is 7.63. The third-order valence-corrected chi connectivity index (χ3v) is 2.34. The molecule has 1 aromatic carbocycles. The quantitative estimate of drug-likeness (QED) is 0.688. The predicted molar refractivity (Wildman–Crippen MR) is 53.1 cm³/mol. The van der Waals surface area contributed by atoms with Crippen molar-refractivity contribution >= 4 is 6.09 Å². The topological polar surface area (TPSA) is 40.5 Å². The summed E-state index contributed by atoms with van der Waals surface area (Å²) >= 11 is 0. The smallest absolute Gasteiger partial charge is 0.408 e. The SMILES string of the molecule is O=C(O)N1CC=CC1c1ccccc1. The fourth-order valence-electron chi connectivity index (χ4n) is 1.66. The molecule has 3 heteroatoms. The minimum Gasteiger partial charge on any atom is -0.465 e. The Balaban J connectivity index is 2.26. The fourth-order valence-corrected chi connectivity index (χ4v) is 1.66. The van der Waals surface area contributed by atoms with Gasteiger partial charge in [-0.25, -0.2) is 4.79 Å². The van der Waals surface area contributed by atoms with Gasteiger partial charge in [0.1, 0.15) is 0 Å². The van der Waals surface area contributed by atoms with Gasteiger partial charge in [0.2, 0.25) is 0 Å². The minimum atomic E-state index is -0.871. The van der Waals surface area contributed by atoms with Gasteiger partial charge >= 0.3 is 6.09 Å². The summed E-state index contributed by atoms with van der Waals surface area (Å²) in [5, 5.41) is 8.93. The van der Waals surface area contributed by atoms with Crippen molar-refractivity contribution in [1.82, 2.24) is 4.90 Å². The summed E-state index contributed by atoms with van der Waals surface area (Å²) < 4.78 is 0. The van der Waals surface area contributed by atoms with Crippen molar-refractivity contribution in [2.75, 3.05) is 6.54 Å². The maximum absolute atomic E-state index is 10.9. The van der Waals surface area contributed by atoms with Gasteiger partial charge in [-0.15, -0.1) is 0 Å². The first-order valence-electron chi connectivity index (χ1n) is 4.50. The van der Waals surface area contributed by atoms with E-state index >= 15 is 0 Å². The van der Waals surface area contributed by atoms with Crippen molar-refractivity contribution in [3.05, 3.63) is 48.0 Å². The molecular formula is C11H11NO2. The van der Waals surface area contributed by atoms with E-state index in [2.05, 4.69) is 0 Å². The first-order chi connectivity index (χ1) is 6.79. The van der Waals surface area contributed by atoms with E-state index in [1.165, 1.54) is 4.90 Å². The van der Waals surface area contributed by atoms with E-state index in [-0.39, 0.29) is 6.04 Å². The minimum absolute atomic E-state index is 0.117. The number of nitrogens with zero attached hydrogens (tertiary/aromatic N) is 1. The number of amides is 1. The Morgan fingerprint density at radius 2 is 2.07 bits per heavy atom. The molecule has 0 spiro atoms. The molecule has 14 heavy (non-hydrogen) atoms. The molecule has 1 aliphatic rings. The van der Waals surface area contributed by atoms with Crippen molar-refractivity contribution in [3.8, 4) is 0 Å². The van der Waals surface area contributed by atoms with Crippen LogP contribution in [0.15, 0.2) is 42.5 Å². The van der Waals surface area contributed by atoms with Crippen LogP contribution in [-0.2, 0) is 0 Å². The van der Waals surface area contributed by atoms with Gasteiger partial charge in [0.15, 0.2) is 0 Å². The van der Waals surface area contributed by atoms with Gasteiger partial charge in [-0.2, -0.15) is 0 Å². The van der Waals surface area contributed by atoms with E-state index in [4.69, 9.17) is 5.11 Å². The summed E-state index contributed by atoms with van der Waals surface area (Å²) in [4.78, 5) is 12.3. The fraction of sp³-hybridized carbons (Fsp3) is 0.182. The molecule has 2 rings (SSSR count). The van der Waals surface area contributed by atoms with Crippen LogP contribution in [0.25, 0.3) is 0 Å².